The van der Waals surface area contributed by atoms with Crippen LogP contribution in [0.15, 0.2) is 30.7 Å². The lowest BCUT2D eigenvalue weighted by molar-refractivity contribution is 0.941. The van der Waals surface area contributed by atoms with Crippen LogP contribution in [0.5, 0.6) is 0 Å². The zero-order valence-corrected chi connectivity index (χ0v) is 7.88. The molecule has 0 aliphatic carbocycles. The third-order valence-electron chi connectivity index (χ3n) is 1.89. The number of aromatic nitrogens is 4. The Morgan fingerprint density at radius 3 is 2.64 bits per heavy atom. The van der Waals surface area contributed by atoms with Gasteiger partial charge in [-0.25, -0.2) is 0 Å². The second-order valence-corrected chi connectivity index (χ2v) is 3.13. The Balaban J connectivity index is 2.19. The van der Waals surface area contributed by atoms with Crippen LogP contribution < -0.4 is 0 Å². The lowest BCUT2D eigenvalue weighted by Crippen LogP contribution is -1.94. The molecule has 0 bridgehead atoms. The fourth-order valence-corrected chi connectivity index (χ4v) is 1.28. The highest BCUT2D eigenvalue weighted by molar-refractivity contribution is 5.20. The van der Waals surface area contributed by atoms with E-state index in [1.54, 1.807) is 18.6 Å². The van der Waals surface area contributed by atoms with Crippen LogP contribution in [0.4, 0.5) is 0 Å². The lowest BCUT2D eigenvalue weighted by Gasteiger charge is -1.99. The van der Waals surface area contributed by atoms with Crippen molar-refractivity contribution < 1.29 is 0 Å². The van der Waals surface area contributed by atoms with E-state index in [-0.39, 0.29) is 0 Å². The third kappa shape index (κ3) is 2.10. The lowest BCUT2D eigenvalue weighted by atomic mass is 10.1. The molecule has 4 nitrogen and oxygen atoms in total. The van der Waals surface area contributed by atoms with Crippen molar-refractivity contribution in [1.29, 1.82) is 0 Å². The first kappa shape index (κ1) is 8.74. The molecule has 0 spiro atoms. The van der Waals surface area contributed by atoms with Gasteiger partial charge in [0.05, 0.1) is 18.1 Å². The van der Waals surface area contributed by atoms with E-state index in [1.807, 2.05) is 19.1 Å². The summed E-state index contributed by atoms with van der Waals surface area (Å²) in [6.07, 6.45) is 6.05. The van der Waals surface area contributed by atoms with Gasteiger partial charge >= 0.3 is 0 Å². The molecule has 14 heavy (non-hydrogen) atoms. The maximum atomic E-state index is 3.90. The summed E-state index contributed by atoms with van der Waals surface area (Å²) in [5, 5.41) is 15.3. The van der Waals surface area contributed by atoms with Crippen LogP contribution in [-0.4, -0.2) is 20.4 Å². The van der Waals surface area contributed by atoms with Crippen LogP contribution >= 0.6 is 0 Å². The standard InChI is InChI=1S/C10H10N4/c1-8-4-10(7-13-14-8)5-9-2-3-11-12-6-9/h2-4,6-7H,5H2,1H3. The van der Waals surface area contributed by atoms with E-state index >= 15 is 0 Å². The maximum Gasteiger partial charge on any atom is 0.0603 e. The van der Waals surface area contributed by atoms with E-state index in [0.717, 1.165) is 23.2 Å². The van der Waals surface area contributed by atoms with Gasteiger partial charge in [-0.05, 0) is 30.2 Å². The van der Waals surface area contributed by atoms with Crippen LogP contribution in [0.1, 0.15) is 16.8 Å². The van der Waals surface area contributed by atoms with E-state index in [2.05, 4.69) is 20.4 Å². The molecule has 0 saturated heterocycles. The third-order valence-corrected chi connectivity index (χ3v) is 1.89. The molecule has 2 rings (SSSR count). The summed E-state index contributed by atoms with van der Waals surface area (Å²) < 4.78 is 0. The molecule has 0 aliphatic heterocycles. The number of hydrogen-bond donors (Lipinski definition) is 0. The zero-order chi connectivity index (χ0) is 9.80. The van der Waals surface area contributed by atoms with Gasteiger partial charge < -0.3 is 0 Å². The fourth-order valence-electron chi connectivity index (χ4n) is 1.28. The van der Waals surface area contributed by atoms with Gasteiger partial charge in [0.2, 0.25) is 0 Å². The topological polar surface area (TPSA) is 51.6 Å². The minimum atomic E-state index is 0.825. The van der Waals surface area contributed by atoms with Gasteiger partial charge in [0.1, 0.15) is 0 Å². The number of rotatable bonds is 2. The van der Waals surface area contributed by atoms with E-state index < -0.39 is 0 Å². The first-order valence-electron chi connectivity index (χ1n) is 4.38. The Morgan fingerprint density at radius 2 is 1.93 bits per heavy atom. The molecule has 0 aromatic carbocycles. The average molecular weight is 186 g/mol. The normalized spacial score (nSPS) is 10.1. The summed E-state index contributed by atoms with van der Waals surface area (Å²) in [5.74, 6) is 0. The molecule has 2 aromatic rings. The van der Waals surface area contributed by atoms with Gasteiger partial charge in [-0.2, -0.15) is 20.4 Å². The number of nitrogens with zero attached hydrogens (tertiary/aromatic N) is 4. The van der Waals surface area contributed by atoms with Crippen molar-refractivity contribution >= 4 is 0 Å². The Bertz CT molecular complexity index is 413. The molecule has 0 unspecified atom stereocenters. The number of aryl methyl sites for hydroxylation is 1. The first-order valence-corrected chi connectivity index (χ1v) is 4.38. The second-order valence-electron chi connectivity index (χ2n) is 3.13. The van der Waals surface area contributed by atoms with Crippen LogP contribution in [0.2, 0.25) is 0 Å². The molecule has 2 aromatic heterocycles. The van der Waals surface area contributed by atoms with Gasteiger partial charge in [-0.1, -0.05) is 0 Å². The van der Waals surface area contributed by atoms with Crippen molar-refractivity contribution in [3.63, 3.8) is 0 Å². The van der Waals surface area contributed by atoms with Crippen LogP contribution in [-0.2, 0) is 6.42 Å². The van der Waals surface area contributed by atoms with Crippen molar-refractivity contribution in [3.8, 4) is 0 Å². The van der Waals surface area contributed by atoms with Crippen LogP contribution in [0.25, 0.3) is 0 Å². The highest BCUT2D eigenvalue weighted by atomic mass is 15.1. The molecule has 0 atom stereocenters. The molecule has 4 heteroatoms. The minimum Gasteiger partial charge on any atom is -0.159 e. The molecule has 0 N–H and O–H groups in total. The monoisotopic (exact) mass is 186 g/mol. The summed E-state index contributed by atoms with van der Waals surface area (Å²) in [7, 11) is 0. The van der Waals surface area contributed by atoms with Crippen molar-refractivity contribution in [3.05, 3.63) is 47.5 Å². The SMILES string of the molecule is Cc1cc(Cc2ccnnc2)cnn1. The summed E-state index contributed by atoms with van der Waals surface area (Å²) in [5.41, 5.74) is 3.21. The van der Waals surface area contributed by atoms with Crippen LogP contribution in [0, 0.1) is 6.92 Å². The van der Waals surface area contributed by atoms with E-state index in [9.17, 15) is 0 Å². The molecular weight excluding hydrogens is 176 g/mol. The van der Waals surface area contributed by atoms with Gasteiger partial charge in [0.25, 0.3) is 0 Å². The minimum absolute atomic E-state index is 0.825. The Labute approximate surface area is 82.0 Å². The smallest absolute Gasteiger partial charge is 0.0603 e. The molecule has 0 fully saturated rings. The van der Waals surface area contributed by atoms with Gasteiger partial charge in [-0.15, -0.1) is 0 Å². The van der Waals surface area contributed by atoms with Gasteiger partial charge in [-0.3, -0.25) is 0 Å². The largest absolute Gasteiger partial charge is 0.159 e. The van der Waals surface area contributed by atoms with Crippen molar-refractivity contribution in [1.82, 2.24) is 20.4 Å². The Hall–Kier alpha value is -1.84. The first-order chi connectivity index (χ1) is 6.84. The molecule has 0 saturated carbocycles. The summed E-state index contributed by atoms with van der Waals surface area (Å²) in [4.78, 5) is 0. The Morgan fingerprint density at radius 1 is 1.07 bits per heavy atom. The van der Waals surface area contributed by atoms with Crippen LogP contribution in [0.3, 0.4) is 0 Å². The van der Waals surface area contributed by atoms with Crippen molar-refractivity contribution in [2.45, 2.75) is 13.3 Å². The highest BCUT2D eigenvalue weighted by Gasteiger charge is 1.97. The fraction of sp³-hybridized carbons (Fsp3) is 0.200. The second kappa shape index (κ2) is 3.91. The predicted molar refractivity (Wildman–Crippen MR) is 51.6 cm³/mol. The van der Waals surface area contributed by atoms with E-state index in [1.165, 1.54) is 0 Å². The molecule has 2 heterocycles. The predicted octanol–water partition coefficient (Wildman–Crippen LogP) is 1.17. The molecular formula is C10H10N4. The summed E-state index contributed by atoms with van der Waals surface area (Å²) in [6.45, 7) is 1.93. The quantitative estimate of drug-likeness (QED) is 0.706. The average Bonchev–Trinajstić information content (AvgIpc) is 2.19. The molecule has 0 aliphatic rings. The molecule has 0 radical (unpaired) electrons. The molecule has 70 valence electrons. The van der Waals surface area contributed by atoms with Crippen molar-refractivity contribution in [2.24, 2.45) is 0 Å². The maximum absolute atomic E-state index is 3.90. The van der Waals surface area contributed by atoms with Gasteiger partial charge in [0, 0.05) is 12.6 Å². The van der Waals surface area contributed by atoms with Gasteiger partial charge in [0.15, 0.2) is 0 Å². The highest BCUT2D eigenvalue weighted by Crippen LogP contribution is 2.06. The zero-order valence-electron chi connectivity index (χ0n) is 7.88. The van der Waals surface area contributed by atoms with E-state index in [0.29, 0.717) is 0 Å². The Kier molecular flexibility index (Phi) is 2.44. The van der Waals surface area contributed by atoms with E-state index in [4.69, 9.17) is 0 Å². The number of hydrogen-bond acceptors (Lipinski definition) is 4. The van der Waals surface area contributed by atoms with Crippen molar-refractivity contribution in [2.75, 3.05) is 0 Å². The molecule has 0 amide bonds. The summed E-state index contributed by atoms with van der Waals surface area (Å²) in [6, 6.07) is 3.97. The summed E-state index contributed by atoms with van der Waals surface area (Å²) >= 11 is 0.